The molecule has 0 aliphatic heterocycles. The highest BCUT2D eigenvalue weighted by Gasteiger charge is 2.31. The van der Waals surface area contributed by atoms with Crippen LogP contribution in [0.25, 0.3) is 0 Å². The van der Waals surface area contributed by atoms with Crippen LogP contribution in [0.4, 0.5) is 0 Å². The van der Waals surface area contributed by atoms with Crippen LogP contribution < -0.4 is 0 Å². The van der Waals surface area contributed by atoms with E-state index in [1.54, 1.807) is 6.92 Å². The van der Waals surface area contributed by atoms with Crippen LogP contribution in [0.5, 0.6) is 0 Å². The van der Waals surface area contributed by atoms with E-state index >= 15 is 0 Å². The zero-order valence-electron chi connectivity index (χ0n) is 10.7. The van der Waals surface area contributed by atoms with Gasteiger partial charge in [0.15, 0.2) is 0 Å². The van der Waals surface area contributed by atoms with Crippen molar-refractivity contribution in [1.29, 1.82) is 0 Å². The molecule has 19 heavy (non-hydrogen) atoms. The summed E-state index contributed by atoms with van der Waals surface area (Å²) >= 11 is 0. The molecule has 0 saturated heterocycles. The molecule has 0 atom stereocenters. The van der Waals surface area contributed by atoms with Crippen LogP contribution in [0.1, 0.15) is 19.8 Å². The third-order valence-corrected chi connectivity index (χ3v) is 4.95. The van der Waals surface area contributed by atoms with E-state index in [9.17, 15) is 13.2 Å². The lowest BCUT2D eigenvalue weighted by Crippen LogP contribution is -2.32. The van der Waals surface area contributed by atoms with Gasteiger partial charge in [-0.3, -0.25) is 9.48 Å². The van der Waals surface area contributed by atoms with Gasteiger partial charge in [0, 0.05) is 19.3 Å². The van der Waals surface area contributed by atoms with E-state index in [-0.39, 0.29) is 11.4 Å². The number of carbonyl (C=O) groups is 1. The van der Waals surface area contributed by atoms with Gasteiger partial charge in [-0.15, -0.1) is 0 Å². The first-order chi connectivity index (χ1) is 8.93. The Balaban J connectivity index is 2.16. The smallest absolute Gasteiger partial charge is 0.325 e. The highest BCUT2D eigenvalue weighted by atomic mass is 32.2. The third kappa shape index (κ3) is 3.32. The molecule has 7 nitrogen and oxygen atoms in total. The summed E-state index contributed by atoms with van der Waals surface area (Å²) in [5.74, 6) is -0.596. The molecule has 0 aromatic carbocycles. The minimum absolute atomic E-state index is 0.0521. The van der Waals surface area contributed by atoms with E-state index in [4.69, 9.17) is 5.11 Å². The van der Waals surface area contributed by atoms with E-state index in [0.29, 0.717) is 19.0 Å². The SMILES string of the molecule is CCN(CC1CC1)S(=O)(=O)c1cnn(CC(=O)O)c1. The number of rotatable bonds is 7. The summed E-state index contributed by atoms with van der Waals surface area (Å²) in [7, 11) is -3.56. The molecule has 0 bridgehead atoms. The van der Waals surface area contributed by atoms with Crippen LogP contribution in [0.2, 0.25) is 0 Å². The molecule has 0 unspecified atom stereocenters. The number of aliphatic carboxylic acids is 1. The van der Waals surface area contributed by atoms with Gasteiger partial charge in [0.1, 0.15) is 11.4 Å². The molecule has 1 aromatic heterocycles. The van der Waals surface area contributed by atoms with Crippen molar-refractivity contribution >= 4 is 16.0 Å². The fourth-order valence-corrected chi connectivity index (χ4v) is 3.32. The molecular formula is C11H17N3O4S. The molecule has 1 saturated carbocycles. The fraction of sp³-hybridized carbons (Fsp3) is 0.636. The molecule has 1 fully saturated rings. The van der Waals surface area contributed by atoms with Gasteiger partial charge in [-0.25, -0.2) is 8.42 Å². The van der Waals surface area contributed by atoms with E-state index in [0.717, 1.165) is 17.5 Å². The van der Waals surface area contributed by atoms with Crippen molar-refractivity contribution < 1.29 is 18.3 Å². The van der Waals surface area contributed by atoms with E-state index < -0.39 is 16.0 Å². The number of hydrogen-bond donors (Lipinski definition) is 1. The Hall–Kier alpha value is -1.41. The van der Waals surface area contributed by atoms with Crippen LogP contribution in [-0.2, 0) is 21.4 Å². The lowest BCUT2D eigenvalue weighted by atomic mass is 10.4. The fourth-order valence-electron chi connectivity index (χ4n) is 1.84. The molecule has 1 aliphatic carbocycles. The van der Waals surface area contributed by atoms with Gasteiger partial charge >= 0.3 is 5.97 Å². The highest BCUT2D eigenvalue weighted by Crippen LogP contribution is 2.31. The van der Waals surface area contributed by atoms with Gasteiger partial charge in [0.25, 0.3) is 0 Å². The molecule has 0 spiro atoms. The summed E-state index contributed by atoms with van der Waals surface area (Å²) in [4.78, 5) is 10.6. The van der Waals surface area contributed by atoms with Crippen LogP contribution >= 0.6 is 0 Å². The molecule has 1 N–H and O–H groups in total. The lowest BCUT2D eigenvalue weighted by molar-refractivity contribution is -0.137. The summed E-state index contributed by atoms with van der Waals surface area (Å²) in [5, 5.41) is 12.4. The minimum Gasteiger partial charge on any atom is -0.480 e. The van der Waals surface area contributed by atoms with Crippen LogP contribution in [-0.4, -0.2) is 46.7 Å². The molecule has 1 aliphatic rings. The van der Waals surface area contributed by atoms with Crippen molar-refractivity contribution in [3.63, 3.8) is 0 Å². The Kier molecular flexibility index (Phi) is 3.91. The van der Waals surface area contributed by atoms with Gasteiger partial charge in [-0.1, -0.05) is 6.92 Å². The maximum atomic E-state index is 12.4. The van der Waals surface area contributed by atoms with Crippen molar-refractivity contribution in [3.8, 4) is 0 Å². The lowest BCUT2D eigenvalue weighted by Gasteiger charge is -2.18. The zero-order valence-corrected chi connectivity index (χ0v) is 11.5. The average molecular weight is 287 g/mol. The molecule has 1 heterocycles. The molecule has 2 rings (SSSR count). The van der Waals surface area contributed by atoms with Crippen molar-refractivity contribution in [2.75, 3.05) is 13.1 Å². The number of hydrogen-bond acceptors (Lipinski definition) is 4. The van der Waals surface area contributed by atoms with Crippen LogP contribution in [0.15, 0.2) is 17.3 Å². The van der Waals surface area contributed by atoms with Crippen LogP contribution in [0.3, 0.4) is 0 Å². The number of aromatic nitrogens is 2. The van der Waals surface area contributed by atoms with Gasteiger partial charge in [-0.2, -0.15) is 9.40 Å². The maximum absolute atomic E-state index is 12.4. The predicted octanol–water partition coefficient (Wildman–Crippen LogP) is 0.388. The van der Waals surface area contributed by atoms with Gasteiger partial charge in [0.05, 0.1) is 6.20 Å². The molecular weight excluding hydrogens is 270 g/mol. The normalized spacial score (nSPS) is 15.9. The quantitative estimate of drug-likeness (QED) is 0.783. The number of carboxylic acids is 1. The van der Waals surface area contributed by atoms with E-state index in [2.05, 4.69) is 5.10 Å². The summed E-state index contributed by atoms with van der Waals surface area (Å²) in [6.07, 6.45) is 4.61. The highest BCUT2D eigenvalue weighted by molar-refractivity contribution is 7.89. The Morgan fingerprint density at radius 1 is 1.58 bits per heavy atom. The molecule has 0 amide bonds. The van der Waals surface area contributed by atoms with Gasteiger partial charge in [0.2, 0.25) is 10.0 Å². The molecule has 106 valence electrons. The Bertz CT molecular complexity index is 562. The first-order valence-electron chi connectivity index (χ1n) is 6.18. The number of carboxylic acid groups (broad SMARTS) is 1. The second-order valence-electron chi connectivity index (χ2n) is 4.67. The van der Waals surface area contributed by atoms with Crippen molar-refractivity contribution in [3.05, 3.63) is 12.4 Å². The molecule has 0 radical (unpaired) electrons. The average Bonchev–Trinajstić information content (AvgIpc) is 3.03. The maximum Gasteiger partial charge on any atom is 0.325 e. The second-order valence-corrected chi connectivity index (χ2v) is 6.60. The van der Waals surface area contributed by atoms with Crippen LogP contribution in [0, 0.1) is 5.92 Å². The first-order valence-corrected chi connectivity index (χ1v) is 7.62. The summed E-state index contributed by atoms with van der Waals surface area (Å²) < 4.78 is 27.2. The zero-order chi connectivity index (χ0) is 14.0. The summed E-state index contributed by atoms with van der Waals surface area (Å²) in [5.41, 5.74) is 0. The van der Waals surface area contributed by atoms with E-state index in [1.165, 1.54) is 16.7 Å². The van der Waals surface area contributed by atoms with Crippen molar-refractivity contribution in [1.82, 2.24) is 14.1 Å². The van der Waals surface area contributed by atoms with Gasteiger partial charge in [-0.05, 0) is 18.8 Å². The largest absolute Gasteiger partial charge is 0.480 e. The minimum atomic E-state index is -3.56. The topological polar surface area (TPSA) is 92.5 Å². The van der Waals surface area contributed by atoms with E-state index in [1.807, 2.05) is 0 Å². The third-order valence-electron chi connectivity index (χ3n) is 3.06. The van der Waals surface area contributed by atoms with Gasteiger partial charge < -0.3 is 5.11 Å². The summed E-state index contributed by atoms with van der Waals surface area (Å²) in [6.45, 7) is 2.39. The molecule has 8 heteroatoms. The standard InChI is InChI=1S/C11H17N3O4S/c1-2-14(6-9-3-4-9)19(17,18)10-5-12-13(7-10)8-11(15)16/h5,7,9H,2-4,6,8H2,1H3,(H,15,16). The number of nitrogens with zero attached hydrogens (tertiary/aromatic N) is 3. The summed E-state index contributed by atoms with van der Waals surface area (Å²) in [6, 6.07) is 0. The predicted molar refractivity (Wildman–Crippen MR) is 67.0 cm³/mol. The Morgan fingerprint density at radius 3 is 2.79 bits per heavy atom. The monoisotopic (exact) mass is 287 g/mol. The first kappa shape index (κ1) is 14.0. The Labute approximate surface area is 111 Å². The molecule has 1 aromatic rings. The van der Waals surface area contributed by atoms with Crippen molar-refractivity contribution in [2.45, 2.75) is 31.2 Å². The Morgan fingerprint density at radius 2 is 2.26 bits per heavy atom. The second kappa shape index (κ2) is 5.30. The number of sulfonamides is 1. The van der Waals surface area contributed by atoms with Crippen molar-refractivity contribution in [2.24, 2.45) is 5.92 Å².